The molecular weight excluding hydrogens is 222 g/mol. The number of ether oxygens (including phenoxy) is 1. The zero-order valence-electron chi connectivity index (χ0n) is 9.52. The van der Waals surface area contributed by atoms with Gasteiger partial charge in [0.05, 0.1) is 4.88 Å². The van der Waals surface area contributed by atoms with Crippen molar-refractivity contribution >= 4 is 17.2 Å². The van der Waals surface area contributed by atoms with Crippen molar-refractivity contribution in [3.8, 4) is 0 Å². The van der Waals surface area contributed by atoms with Crippen LogP contribution in [0.1, 0.15) is 22.5 Å². The Morgan fingerprint density at radius 1 is 1.56 bits per heavy atom. The molecule has 1 saturated heterocycles. The van der Waals surface area contributed by atoms with Crippen LogP contribution in [0.4, 0.5) is 0 Å². The lowest BCUT2D eigenvalue weighted by Crippen LogP contribution is -2.39. The molecule has 0 aromatic carbocycles. The first-order valence-corrected chi connectivity index (χ1v) is 6.51. The highest BCUT2D eigenvalue weighted by Gasteiger charge is 2.23. The maximum absolute atomic E-state index is 12.0. The highest BCUT2D eigenvalue weighted by molar-refractivity contribution is 7.12. The number of carbonyl (C=O) groups excluding carboxylic acids is 1. The fourth-order valence-electron chi connectivity index (χ4n) is 2.09. The van der Waals surface area contributed by atoms with Gasteiger partial charge in [-0.1, -0.05) is 6.07 Å². The van der Waals surface area contributed by atoms with Gasteiger partial charge >= 0.3 is 0 Å². The van der Waals surface area contributed by atoms with Gasteiger partial charge in [0.25, 0.3) is 5.91 Å². The molecule has 0 N–H and O–H groups in total. The second-order valence-corrected chi connectivity index (χ2v) is 5.12. The monoisotopic (exact) mass is 239 g/mol. The average Bonchev–Trinajstić information content (AvgIpc) is 2.83. The minimum absolute atomic E-state index is 0.186. The lowest BCUT2D eigenvalue weighted by Gasteiger charge is -2.31. The van der Waals surface area contributed by atoms with E-state index >= 15 is 0 Å². The van der Waals surface area contributed by atoms with Gasteiger partial charge in [-0.3, -0.25) is 4.79 Å². The van der Waals surface area contributed by atoms with Crippen molar-refractivity contribution in [1.82, 2.24) is 4.90 Å². The Balaban J connectivity index is 1.87. The molecule has 0 saturated carbocycles. The van der Waals surface area contributed by atoms with E-state index in [9.17, 15) is 4.79 Å². The highest BCUT2D eigenvalue weighted by atomic mass is 32.1. The molecule has 4 heteroatoms. The highest BCUT2D eigenvalue weighted by Crippen LogP contribution is 2.20. The lowest BCUT2D eigenvalue weighted by atomic mass is 9.98. The third kappa shape index (κ3) is 2.62. The van der Waals surface area contributed by atoms with Crippen LogP contribution in [-0.4, -0.2) is 37.6 Å². The standard InChI is InChI=1S/C12H17NO2S/c1-15-9-10-4-6-13(7-5-10)12(14)11-3-2-8-16-11/h2-3,8,10H,4-7,9H2,1H3. The van der Waals surface area contributed by atoms with Crippen molar-refractivity contribution in [2.24, 2.45) is 5.92 Å². The molecule has 1 aliphatic rings. The van der Waals surface area contributed by atoms with Gasteiger partial charge in [0.15, 0.2) is 0 Å². The Kier molecular flexibility index (Phi) is 3.96. The van der Waals surface area contributed by atoms with E-state index in [-0.39, 0.29) is 5.91 Å². The van der Waals surface area contributed by atoms with Crippen molar-refractivity contribution in [1.29, 1.82) is 0 Å². The number of thiophene rings is 1. The molecule has 1 aromatic heterocycles. The van der Waals surface area contributed by atoms with Gasteiger partial charge in [-0.25, -0.2) is 0 Å². The second-order valence-electron chi connectivity index (χ2n) is 4.17. The second kappa shape index (κ2) is 5.46. The summed E-state index contributed by atoms with van der Waals surface area (Å²) in [5.74, 6) is 0.809. The number of amides is 1. The van der Waals surface area contributed by atoms with Gasteiger partial charge < -0.3 is 9.64 Å². The molecule has 0 aliphatic carbocycles. The maximum atomic E-state index is 12.0. The molecule has 0 spiro atoms. The van der Waals surface area contributed by atoms with Crippen molar-refractivity contribution in [3.05, 3.63) is 22.4 Å². The zero-order valence-corrected chi connectivity index (χ0v) is 10.3. The summed E-state index contributed by atoms with van der Waals surface area (Å²) in [6.45, 7) is 2.55. The van der Waals surface area contributed by atoms with Crippen LogP contribution in [0.5, 0.6) is 0 Å². The molecule has 1 fully saturated rings. The molecule has 1 aromatic rings. The fraction of sp³-hybridized carbons (Fsp3) is 0.583. The topological polar surface area (TPSA) is 29.5 Å². The summed E-state index contributed by atoms with van der Waals surface area (Å²) in [6, 6.07) is 3.82. The van der Waals surface area contributed by atoms with Crippen molar-refractivity contribution in [2.45, 2.75) is 12.8 Å². The first-order valence-electron chi connectivity index (χ1n) is 5.63. The summed E-state index contributed by atoms with van der Waals surface area (Å²) < 4.78 is 5.15. The van der Waals surface area contributed by atoms with Gasteiger partial charge in [-0.05, 0) is 30.2 Å². The number of likely N-dealkylation sites (tertiary alicyclic amines) is 1. The molecule has 1 amide bonds. The van der Waals surface area contributed by atoms with Crippen molar-refractivity contribution < 1.29 is 9.53 Å². The molecule has 0 atom stereocenters. The minimum Gasteiger partial charge on any atom is -0.384 e. The SMILES string of the molecule is COCC1CCN(C(=O)c2cccs2)CC1. The first-order chi connectivity index (χ1) is 7.81. The van der Waals surface area contributed by atoms with Crippen LogP contribution < -0.4 is 0 Å². The first kappa shape index (κ1) is 11.6. The predicted octanol–water partition coefficient (Wildman–Crippen LogP) is 2.25. The Morgan fingerprint density at radius 3 is 2.88 bits per heavy atom. The molecule has 88 valence electrons. The van der Waals surface area contributed by atoms with E-state index in [0.29, 0.717) is 5.92 Å². The number of piperidine rings is 1. The number of nitrogens with zero attached hydrogens (tertiary/aromatic N) is 1. The normalized spacial score (nSPS) is 17.7. The Hall–Kier alpha value is -0.870. The molecule has 2 heterocycles. The largest absolute Gasteiger partial charge is 0.384 e. The number of rotatable bonds is 3. The Morgan fingerprint density at radius 2 is 2.31 bits per heavy atom. The van der Waals surface area contributed by atoms with E-state index < -0.39 is 0 Å². The Bertz CT molecular complexity index is 329. The third-order valence-corrected chi connectivity index (χ3v) is 3.89. The predicted molar refractivity (Wildman–Crippen MR) is 64.8 cm³/mol. The molecule has 0 radical (unpaired) electrons. The van der Waals surface area contributed by atoms with Crippen LogP contribution in [0, 0.1) is 5.92 Å². The van der Waals surface area contributed by atoms with Crippen LogP contribution in [-0.2, 0) is 4.74 Å². The van der Waals surface area contributed by atoms with E-state index in [2.05, 4.69) is 0 Å². The molecule has 16 heavy (non-hydrogen) atoms. The summed E-state index contributed by atoms with van der Waals surface area (Å²) in [4.78, 5) is 14.8. The minimum atomic E-state index is 0.186. The zero-order chi connectivity index (χ0) is 11.4. The van der Waals surface area contributed by atoms with Gasteiger partial charge in [0.2, 0.25) is 0 Å². The smallest absolute Gasteiger partial charge is 0.263 e. The molecule has 0 bridgehead atoms. The van der Waals surface area contributed by atoms with Gasteiger partial charge in [-0.15, -0.1) is 11.3 Å². The average molecular weight is 239 g/mol. The van der Waals surface area contributed by atoms with Crippen LogP contribution in [0.3, 0.4) is 0 Å². The summed E-state index contributed by atoms with van der Waals surface area (Å²) in [6.07, 6.45) is 2.12. The summed E-state index contributed by atoms with van der Waals surface area (Å²) in [5, 5.41) is 1.95. The van der Waals surface area contributed by atoms with Gasteiger partial charge in [-0.2, -0.15) is 0 Å². The molecule has 3 nitrogen and oxygen atoms in total. The van der Waals surface area contributed by atoms with Crippen molar-refractivity contribution in [3.63, 3.8) is 0 Å². The van der Waals surface area contributed by atoms with E-state index in [1.54, 1.807) is 7.11 Å². The molecular formula is C12H17NO2S. The van der Waals surface area contributed by atoms with Crippen LogP contribution in [0.2, 0.25) is 0 Å². The summed E-state index contributed by atoms with van der Waals surface area (Å²) >= 11 is 1.52. The molecule has 0 unspecified atom stereocenters. The van der Waals surface area contributed by atoms with Crippen LogP contribution >= 0.6 is 11.3 Å². The maximum Gasteiger partial charge on any atom is 0.263 e. The summed E-state index contributed by atoms with van der Waals surface area (Å²) in [5.41, 5.74) is 0. The quantitative estimate of drug-likeness (QED) is 0.809. The molecule has 1 aliphatic heterocycles. The number of methoxy groups -OCH3 is 1. The number of hydrogen-bond acceptors (Lipinski definition) is 3. The summed E-state index contributed by atoms with van der Waals surface area (Å²) in [7, 11) is 1.74. The van der Waals surface area contributed by atoms with Gasteiger partial charge in [0, 0.05) is 26.8 Å². The van der Waals surface area contributed by atoms with E-state index in [4.69, 9.17) is 4.74 Å². The molecule has 2 rings (SSSR count). The van der Waals surface area contributed by atoms with E-state index in [1.165, 1.54) is 11.3 Å². The van der Waals surface area contributed by atoms with Crippen LogP contribution in [0.15, 0.2) is 17.5 Å². The fourth-order valence-corrected chi connectivity index (χ4v) is 2.79. The van der Waals surface area contributed by atoms with Crippen LogP contribution in [0.25, 0.3) is 0 Å². The Labute approximate surface area is 100 Å². The third-order valence-electron chi connectivity index (χ3n) is 3.04. The lowest BCUT2D eigenvalue weighted by molar-refractivity contribution is 0.0618. The van der Waals surface area contributed by atoms with E-state index in [0.717, 1.165) is 37.4 Å². The van der Waals surface area contributed by atoms with E-state index in [1.807, 2.05) is 22.4 Å². The van der Waals surface area contributed by atoms with Crippen molar-refractivity contribution in [2.75, 3.05) is 26.8 Å². The number of carbonyl (C=O) groups is 1. The number of hydrogen-bond donors (Lipinski definition) is 0. The van der Waals surface area contributed by atoms with Gasteiger partial charge in [0.1, 0.15) is 0 Å².